The maximum absolute atomic E-state index is 13.3. The molecule has 0 fully saturated rings. The minimum absolute atomic E-state index is 0.0462. The second kappa shape index (κ2) is 6.82. The highest BCUT2D eigenvalue weighted by Crippen LogP contribution is 2.27. The highest BCUT2D eigenvalue weighted by molar-refractivity contribution is 5.77. The van der Waals surface area contributed by atoms with E-state index in [1.807, 2.05) is 13.8 Å². The Morgan fingerprint density at radius 3 is 2.74 bits per heavy atom. The van der Waals surface area contributed by atoms with E-state index in [0.29, 0.717) is 18.7 Å². The molecule has 0 bridgehead atoms. The highest BCUT2D eigenvalue weighted by Gasteiger charge is 2.09. The molecule has 1 aromatic rings. The maximum Gasteiger partial charge on any atom is 0.221 e. The van der Waals surface area contributed by atoms with Crippen LogP contribution >= 0.6 is 0 Å². The van der Waals surface area contributed by atoms with Crippen molar-refractivity contribution in [2.24, 2.45) is 0 Å². The molecule has 1 amide bonds. The fourth-order valence-corrected chi connectivity index (χ4v) is 1.58. The van der Waals surface area contributed by atoms with Gasteiger partial charge in [-0.2, -0.15) is 0 Å². The van der Waals surface area contributed by atoms with Crippen LogP contribution in [0.5, 0.6) is 5.75 Å². The molecule has 6 heteroatoms. The quantitative estimate of drug-likeness (QED) is 0.688. The number of nitrogen functional groups attached to an aromatic ring is 1. The van der Waals surface area contributed by atoms with Crippen LogP contribution in [-0.4, -0.2) is 25.6 Å². The molecule has 0 aliphatic heterocycles. The lowest BCUT2D eigenvalue weighted by atomic mass is 10.2. The zero-order valence-corrected chi connectivity index (χ0v) is 11.4. The van der Waals surface area contributed by atoms with Gasteiger partial charge in [0, 0.05) is 31.1 Å². The van der Waals surface area contributed by atoms with Crippen LogP contribution in [0.25, 0.3) is 0 Å². The number of carbonyl (C=O) groups excluding carboxylic acids is 1. The molecule has 0 spiro atoms. The number of rotatable bonds is 6. The summed E-state index contributed by atoms with van der Waals surface area (Å²) in [5.74, 6) is -0.443. The van der Waals surface area contributed by atoms with Gasteiger partial charge in [-0.3, -0.25) is 4.79 Å². The second-order valence-electron chi connectivity index (χ2n) is 4.47. The van der Waals surface area contributed by atoms with Crippen LogP contribution in [0.1, 0.15) is 20.3 Å². The number of carbonyl (C=O) groups is 1. The van der Waals surface area contributed by atoms with Crippen molar-refractivity contribution in [3.05, 3.63) is 17.9 Å². The molecule has 0 unspecified atom stereocenters. The lowest BCUT2D eigenvalue weighted by molar-refractivity contribution is -0.121. The third-order valence-electron chi connectivity index (χ3n) is 2.44. The zero-order chi connectivity index (χ0) is 14.4. The Hall–Kier alpha value is -1.98. The molecule has 4 N–H and O–H groups in total. The minimum atomic E-state index is -0.511. The van der Waals surface area contributed by atoms with Crippen LogP contribution in [0.4, 0.5) is 15.8 Å². The third-order valence-corrected chi connectivity index (χ3v) is 2.44. The predicted octanol–water partition coefficient (Wildman–Crippen LogP) is 1.74. The Morgan fingerprint density at radius 1 is 1.47 bits per heavy atom. The predicted molar refractivity (Wildman–Crippen MR) is 73.7 cm³/mol. The summed E-state index contributed by atoms with van der Waals surface area (Å²) in [6, 6.07) is 2.78. The van der Waals surface area contributed by atoms with Gasteiger partial charge in [-0.15, -0.1) is 0 Å². The van der Waals surface area contributed by atoms with Crippen molar-refractivity contribution < 1.29 is 13.9 Å². The largest absolute Gasteiger partial charge is 0.494 e. The van der Waals surface area contributed by atoms with Crippen molar-refractivity contribution >= 4 is 17.3 Å². The Morgan fingerprint density at radius 2 is 2.16 bits per heavy atom. The van der Waals surface area contributed by atoms with Gasteiger partial charge in [0.25, 0.3) is 0 Å². The summed E-state index contributed by atoms with van der Waals surface area (Å²) in [4.78, 5) is 11.4. The van der Waals surface area contributed by atoms with Crippen molar-refractivity contribution in [1.29, 1.82) is 0 Å². The molecule has 0 saturated carbocycles. The SMILES string of the molecule is COc1cc(NCCC(=O)NC(C)C)c(N)cc1F. The van der Waals surface area contributed by atoms with Crippen molar-refractivity contribution in [2.45, 2.75) is 26.3 Å². The third kappa shape index (κ3) is 4.65. The molecule has 5 nitrogen and oxygen atoms in total. The van der Waals surface area contributed by atoms with Crippen LogP contribution < -0.4 is 21.1 Å². The van der Waals surface area contributed by atoms with Gasteiger partial charge in [0.05, 0.1) is 18.5 Å². The Balaban J connectivity index is 2.56. The van der Waals surface area contributed by atoms with Gasteiger partial charge in [0.15, 0.2) is 11.6 Å². The van der Waals surface area contributed by atoms with Gasteiger partial charge in [-0.25, -0.2) is 4.39 Å². The van der Waals surface area contributed by atoms with E-state index in [9.17, 15) is 9.18 Å². The number of nitrogens with one attached hydrogen (secondary N) is 2. The van der Waals surface area contributed by atoms with E-state index in [-0.39, 0.29) is 23.4 Å². The van der Waals surface area contributed by atoms with E-state index in [2.05, 4.69) is 10.6 Å². The van der Waals surface area contributed by atoms with Gasteiger partial charge in [0.2, 0.25) is 5.91 Å². The van der Waals surface area contributed by atoms with E-state index in [1.54, 1.807) is 0 Å². The molecular formula is C13H20FN3O2. The van der Waals surface area contributed by atoms with Gasteiger partial charge in [-0.05, 0) is 13.8 Å². The molecule has 0 atom stereocenters. The molecule has 0 aliphatic carbocycles. The number of amides is 1. The smallest absolute Gasteiger partial charge is 0.221 e. The first-order valence-corrected chi connectivity index (χ1v) is 6.10. The van der Waals surface area contributed by atoms with Gasteiger partial charge >= 0.3 is 0 Å². The molecule has 0 aliphatic rings. The summed E-state index contributed by atoms with van der Waals surface area (Å²) in [5, 5.41) is 5.77. The summed E-state index contributed by atoms with van der Waals surface area (Å²) in [5.41, 5.74) is 6.52. The Bertz CT molecular complexity index is 450. The number of methoxy groups -OCH3 is 1. The lowest BCUT2D eigenvalue weighted by Crippen LogP contribution is -2.31. The zero-order valence-electron chi connectivity index (χ0n) is 11.4. The van der Waals surface area contributed by atoms with Gasteiger partial charge in [0.1, 0.15) is 0 Å². The molecule has 0 saturated heterocycles. The molecule has 0 radical (unpaired) electrons. The number of hydrogen-bond acceptors (Lipinski definition) is 4. The number of ether oxygens (including phenoxy) is 1. The minimum Gasteiger partial charge on any atom is -0.494 e. The number of anilines is 2. The average molecular weight is 269 g/mol. The van der Waals surface area contributed by atoms with Crippen molar-refractivity contribution in [1.82, 2.24) is 5.32 Å². The molecule has 0 heterocycles. The number of halogens is 1. The first kappa shape index (κ1) is 15.1. The van der Waals surface area contributed by atoms with E-state index < -0.39 is 5.82 Å². The molecule has 1 aromatic carbocycles. The molecule has 19 heavy (non-hydrogen) atoms. The van der Waals surface area contributed by atoms with E-state index in [1.165, 1.54) is 19.2 Å². The maximum atomic E-state index is 13.3. The molecular weight excluding hydrogens is 249 g/mol. The van der Waals surface area contributed by atoms with Crippen molar-refractivity contribution in [2.75, 3.05) is 24.7 Å². The van der Waals surface area contributed by atoms with Gasteiger partial charge in [-0.1, -0.05) is 0 Å². The second-order valence-corrected chi connectivity index (χ2v) is 4.47. The first-order chi connectivity index (χ1) is 8.93. The van der Waals surface area contributed by atoms with E-state index in [0.717, 1.165) is 0 Å². The lowest BCUT2D eigenvalue weighted by Gasteiger charge is -2.12. The van der Waals surface area contributed by atoms with Crippen LogP contribution in [0.15, 0.2) is 12.1 Å². The standard InChI is InChI=1S/C13H20FN3O2/c1-8(2)17-13(18)4-5-16-11-7-12(19-3)9(14)6-10(11)15/h6-8,16H,4-5,15H2,1-3H3,(H,17,18). The average Bonchev–Trinajstić information content (AvgIpc) is 2.31. The Labute approximate surface area is 112 Å². The fraction of sp³-hybridized carbons (Fsp3) is 0.462. The van der Waals surface area contributed by atoms with E-state index >= 15 is 0 Å². The number of benzene rings is 1. The van der Waals surface area contributed by atoms with Crippen LogP contribution in [0, 0.1) is 5.82 Å². The monoisotopic (exact) mass is 269 g/mol. The first-order valence-electron chi connectivity index (χ1n) is 6.10. The summed E-state index contributed by atoms with van der Waals surface area (Å²) in [6.07, 6.45) is 0.317. The van der Waals surface area contributed by atoms with Crippen LogP contribution in [0.3, 0.4) is 0 Å². The van der Waals surface area contributed by atoms with Crippen LogP contribution in [0.2, 0.25) is 0 Å². The summed E-state index contributed by atoms with van der Waals surface area (Å²) >= 11 is 0. The van der Waals surface area contributed by atoms with Crippen molar-refractivity contribution in [3.8, 4) is 5.75 Å². The van der Waals surface area contributed by atoms with E-state index in [4.69, 9.17) is 10.5 Å². The Kier molecular flexibility index (Phi) is 5.41. The molecule has 1 rings (SSSR count). The topological polar surface area (TPSA) is 76.4 Å². The summed E-state index contributed by atoms with van der Waals surface area (Å²) < 4.78 is 18.2. The molecule has 0 aromatic heterocycles. The summed E-state index contributed by atoms with van der Waals surface area (Å²) in [7, 11) is 1.38. The van der Waals surface area contributed by atoms with Crippen LogP contribution in [-0.2, 0) is 4.79 Å². The highest BCUT2D eigenvalue weighted by atomic mass is 19.1. The normalized spacial score (nSPS) is 10.4. The fourth-order valence-electron chi connectivity index (χ4n) is 1.58. The summed E-state index contributed by atoms with van der Waals surface area (Å²) in [6.45, 7) is 4.21. The molecule has 106 valence electrons. The number of hydrogen-bond donors (Lipinski definition) is 3. The van der Waals surface area contributed by atoms with Crippen molar-refractivity contribution in [3.63, 3.8) is 0 Å². The van der Waals surface area contributed by atoms with Gasteiger partial charge < -0.3 is 21.1 Å². The number of nitrogens with two attached hydrogens (primary N) is 1.